The number of hydrogen-bond acceptors (Lipinski definition) is 1. The van der Waals surface area contributed by atoms with Gasteiger partial charge in [-0.25, -0.2) is 0 Å². The summed E-state index contributed by atoms with van der Waals surface area (Å²) < 4.78 is 0. The molecule has 0 radical (unpaired) electrons. The van der Waals surface area contributed by atoms with Crippen LogP contribution in [-0.4, -0.2) is 5.78 Å². The summed E-state index contributed by atoms with van der Waals surface area (Å²) in [6.07, 6.45) is 0. The highest BCUT2D eigenvalue weighted by Gasteiger charge is 2.11. The first-order valence-electron chi connectivity index (χ1n) is 5.77. The predicted molar refractivity (Wildman–Crippen MR) is 70.5 cm³/mol. The van der Waals surface area contributed by atoms with E-state index in [1.807, 2.05) is 63.2 Å². The quantitative estimate of drug-likeness (QED) is 0.708. The van der Waals surface area contributed by atoms with E-state index in [0.29, 0.717) is 0 Å². The number of carbonyl (C=O) groups is 1. The van der Waals surface area contributed by atoms with Crippen molar-refractivity contribution in [2.75, 3.05) is 0 Å². The lowest BCUT2D eigenvalue weighted by atomic mass is 9.96. The van der Waals surface area contributed by atoms with Crippen molar-refractivity contribution in [2.45, 2.75) is 20.8 Å². The molecule has 2 aromatic carbocycles. The van der Waals surface area contributed by atoms with Gasteiger partial charge < -0.3 is 0 Å². The second-order valence-electron chi connectivity index (χ2n) is 4.44. The van der Waals surface area contributed by atoms with Gasteiger partial charge in [-0.15, -0.1) is 0 Å². The first-order chi connectivity index (χ1) is 8.09. The van der Waals surface area contributed by atoms with Crippen LogP contribution in [0.4, 0.5) is 0 Å². The number of rotatable bonds is 2. The summed E-state index contributed by atoms with van der Waals surface area (Å²) in [7, 11) is 0. The fraction of sp³-hybridized carbons (Fsp3) is 0.188. The summed E-state index contributed by atoms with van der Waals surface area (Å²) in [5.41, 5.74) is 4.95. The molecule has 0 aromatic heterocycles. The number of ketones is 1. The Morgan fingerprint density at radius 2 is 1.53 bits per heavy atom. The van der Waals surface area contributed by atoms with Crippen LogP contribution in [-0.2, 0) is 0 Å². The second-order valence-corrected chi connectivity index (χ2v) is 4.44. The maximum absolute atomic E-state index is 12.3. The summed E-state index contributed by atoms with van der Waals surface area (Å²) in [5, 5.41) is 0. The third-order valence-corrected chi connectivity index (χ3v) is 3.16. The van der Waals surface area contributed by atoms with Crippen LogP contribution >= 0.6 is 0 Å². The smallest absolute Gasteiger partial charge is 0.193 e. The molecule has 0 aliphatic carbocycles. The fourth-order valence-corrected chi connectivity index (χ4v) is 1.86. The Labute approximate surface area is 102 Å². The van der Waals surface area contributed by atoms with Crippen molar-refractivity contribution in [3.63, 3.8) is 0 Å². The lowest BCUT2D eigenvalue weighted by Gasteiger charge is -2.07. The Morgan fingerprint density at radius 1 is 0.882 bits per heavy atom. The number of hydrogen-bond donors (Lipinski definition) is 0. The zero-order valence-electron chi connectivity index (χ0n) is 10.4. The summed E-state index contributed by atoms with van der Waals surface area (Å²) in [5.74, 6) is 0.103. The van der Waals surface area contributed by atoms with Gasteiger partial charge in [-0.1, -0.05) is 48.0 Å². The second kappa shape index (κ2) is 4.54. The Hall–Kier alpha value is -1.89. The first-order valence-corrected chi connectivity index (χ1v) is 5.77. The van der Waals surface area contributed by atoms with E-state index in [-0.39, 0.29) is 5.78 Å². The zero-order chi connectivity index (χ0) is 12.4. The highest BCUT2D eigenvalue weighted by atomic mass is 16.1. The molecule has 1 nitrogen and oxygen atoms in total. The molecule has 86 valence electrons. The molecule has 0 saturated carbocycles. The molecule has 0 bridgehead atoms. The predicted octanol–water partition coefficient (Wildman–Crippen LogP) is 3.84. The summed E-state index contributed by atoms with van der Waals surface area (Å²) in [4.78, 5) is 12.3. The van der Waals surface area contributed by atoms with Gasteiger partial charge in [0.15, 0.2) is 5.78 Å². The lowest BCUT2D eigenvalue weighted by molar-refractivity contribution is 0.103. The molecule has 2 aromatic rings. The number of carbonyl (C=O) groups excluding carboxylic acids is 1. The summed E-state index contributed by atoms with van der Waals surface area (Å²) in [6.45, 7) is 6.05. The number of benzene rings is 2. The molecule has 0 atom stereocenters. The highest BCUT2D eigenvalue weighted by Crippen LogP contribution is 2.17. The van der Waals surface area contributed by atoms with Crippen molar-refractivity contribution in [1.29, 1.82) is 0 Å². The first kappa shape index (κ1) is 11.6. The van der Waals surface area contributed by atoms with Crippen LogP contribution in [0.15, 0.2) is 42.5 Å². The molecule has 0 unspecified atom stereocenters. The molecule has 0 aliphatic rings. The maximum Gasteiger partial charge on any atom is 0.193 e. The molecule has 0 heterocycles. The maximum atomic E-state index is 12.3. The standard InChI is InChI=1S/C16H16O/c1-11-7-9-14(10-8-11)16(17)15-6-4-5-12(2)13(15)3/h4-10H,1-3H3. The van der Waals surface area contributed by atoms with Gasteiger partial charge in [0.05, 0.1) is 0 Å². The van der Waals surface area contributed by atoms with Crippen LogP contribution in [0.1, 0.15) is 32.6 Å². The largest absolute Gasteiger partial charge is 0.289 e. The SMILES string of the molecule is Cc1ccc(C(=O)c2cccc(C)c2C)cc1. The van der Waals surface area contributed by atoms with E-state index in [1.165, 1.54) is 5.56 Å². The van der Waals surface area contributed by atoms with Crippen molar-refractivity contribution < 1.29 is 4.79 Å². The topological polar surface area (TPSA) is 17.1 Å². The minimum absolute atomic E-state index is 0.103. The average Bonchev–Trinajstić information content (AvgIpc) is 2.33. The van der Waals surface area contributed by atoms with Gasteiger partial charge >= 0.3 is 0 Å². The Kier molecular flexibility index (Phi) is 3.10. The third-order valence-electron chi connectivity index (χ3n) is 3.16. The van der Waals surface area contributed by atoms with Crippen molar-refractivity contribution in [3.8, 4) is 0 Å². The Bertz CT molecular complexity index is 550. The van der Waals surface area contributed by atoms with E-state index in [0.717, 1.165) is 22.3 Å². The zero-order valence-corrected chi connectivity index (χ0v) is 10.4. The normalized spacial score (nSPS) is 10.3. The van der Waals surface area contributed by atoms with Crippen molar-refractivity contribution in [1.82, 2.24) is 0 Å². The minimum Gasteiger partial charge on any atom is -0.289 e. The Balaban J connectivity index is 2.44. The van der Waals surface area contributed by atoms with Crippen LogP contribution in [0.2, 0.25) is 0 Å². The fourth-order valence-electron chi connectivity index (χ4n) is 1.86. The van der Waals surface area contributed by atoms with E-state index >= 15 is 0 Å². The average molecular weight is 224 g/mol. The third kappa shape index (κ3) is 2.28. The van der Waals surface area contributed by atoms with Crippen molar-refractivity contribution in [3.05, 3.63) is 70.3 Å². The molecule has 2 rings (SSSR count). The lowest BCUT2D eigenvalue weighted by Crippen LogP contribution is -2.04. The van der Waals surface area contributed by atoms with Crippen molar-refractivity contribution in [2.24, 2.45) is 0 Å². The van der Waals surface area contributed by atoms with Crippen LogP contribution < -0.4 is 0 Å². The molecule has 0 spiro atoms. The van der Waals surface area contributed by atoms with E-state index in [2.05, 4.69) is 0 Å². The molecular weight excluding hydrogens is 208 g/mol. The summed E-state index contributed by atoms with van der Waals surface area (Å²) >= 11 is 0. The molecule has 17 heavy (non-hydrogen) atoms. The van der Waals surface area contributed by atoms with Gasteiger partial charge in [0, 0.05) is 11.1 Å². The molecule has 0 aliphatic heterocycles. The van der Waals surface area contributed by atoms with Crippen molar-refractivity contribution >= 4 is 5.78 Å². The molecule has 0 N–H and O–H groups in total. The molecule has 0 saturated heterocycles. The van der Waals surface area contributed by atoms with E-state index < -0.39 is 0 Å². The van der Waals surface area contributed by atoms with Gasteiger partial charge in [0.25, 0.3) is 0 Å². The van der Waals surface area contributed by atoms with Crippen LogP contribution in [0.5, 0.6) is 0 Å². The van der Waals surface area contributed by atoms with Crippen LogP contribution in [0.3, 0.4) is 0 Å². The van der Waals surface area contributed by atoms with Gasteiger partial charge in [-0.05, 0) is 31.9 Å². The van der Waals surface area contributed by atoms with Gasteiger partial charge in [0.2, 0.25) is 0 Å². The van der Waals surface area contributed by atoms with Gasteiger partial charge in [-0.3, -0.25) is 4.79 Å². The van der Waals surface area contributed by atoms with Crippen LogP contribution in [0, 0.1) is 20.8 Å². The molecular formula is C16H16O. The summed E-state index contributed by atoms with van der Waals surface area (Å²) in [6, 6.07) is 13.6. The van der Waals surface area contributed by atoms with E-state index in [4.69, 9.17) is 0 Å². The highest BCUT2D eigenvalue weighted by molar-refractivity contribution is 6.10. The Morgan fingerprint density at radius 3 is 2.18 bits per heavy atom. The van der Waals surface area contributed by atoms with Crippen LogP contribution in [0.25, 0.3) is 0 Å². The number of aryl methyl sites for hydroxylation is 2. The van der Waals surface area contributed by atoms with Gasteiger partial charge in [0.1, 0.15) is 0 Å². The monoisotopic (exact) mass is 224 g/mol. The molecule has 1 heteroatoms. The minimum atomic E-state index is 0.103. The van der Waals surface area contributed by atoms with Gasteiger partial charge in [-0.2, -0.15) is 0 Å². The molecule has 0 amide bonds. The van der Waals surface area contributed by atoms with E-state index in [1.54, 1.807) is 0 Å². The van der Waals surface area contributed by atoms with E-state index in [9.17, 15) is 4.79 Å². The molecule has 0 fully saturated rings.